The van der Waals surface area contributed by atoms with Crippen LogP contribution in [0.2, 0.25) is 0 Å². The van der Waals surface area contributed by atoms with Gasteiger partial charge in [0.2, 0.25) is 0 Å². The molecule has 3 aromatic carbocycles. The number of carbonyl (C=O) groups excluding carboxylic acids is 2. The van der Waals surface area contributed by atoms with E-state index in [1.807, 2.05) is 0 Å². The first-order chi connectivity index (χ1) is 20.9. The smallest absolute Gasteiger partial charge is 0.353 e. The van der Waals surface area contributed by atoms with E-state index in [0.717, 1.165) is 10.5 Å². The summed E-state index contributed by atoms with van der Waals surface area (Å²) >= 11 is 0. The van der Waals surface area contributed by atoms with Crippen LogP contribution in [0.3, 0.4) is 0 Å². The van der Waals surface area contributed by atoms with Crippen LogP contribution in [-0.2, 0) is 17.8 Å². The number of benzene rings is 2. The summed E-state index contributed by atoms with van der Waals surface area (Å²) in [6.45, 7) is 0.381. The maximum Gasteiger partial charge on any atom is 0.353 e. The largest absolute Gasteiger partial charge is 0.477 e. The second-order valence-electron chi connectivity index (χ2n) is 9.08. The molecule has 0 aliphatic heterocycles. The van der Waals surface area contributed by atoms with E-state index in [9.17, 15) is 38.3 Å². The third-order valence-electron chi connectivity index (χ3n) is 6.26. The van der Waals surface area contributed by atoms with Crippen molar-refractivity contribution in [3.8, 4) is 0 Å². The molecule has 0 aliphatic carbocycles. The van der Waals surface area contributed by atoms with Crippen LogP contribution >= 0.6 is 12.4 Å². The molecular formula is C28H25ClFN7O8. The predicted molar refractivity (Wildman–Crippen MR) is 162 cm³/mol. The Bertz CT molecular complexity index is 2030. The molecule has 0 radical (unpaired) electrons. The number of imidazole rings is 1. The zero-order valence-corrected chi connectivity index (χ0v) is 24.1. The van der Waals surface area contributed by atoms with E-state index in [4.69, 9.17) is 11.5 Å². The van der Waals surface area contributed by atoms with Crippen LogP contribution in [-0.4, -0.2) is 44.4 Å². The highest BCUT2D eigenvalue weighted by Crippen LogP contribution is 2.22. The Hall–Kier alpha value is -5.87. The molecule has 45 heavy (non-hydrogen) atoms. The monoisotopic (exact) mass is 641 g/mol. The van der Waals surface area contributed by atoms with Gasteiger partial charge in [-0.2, -0.15) is 0 Å². The summed E-state index contributed by atoms with van der Waals surface area (Å²) in [6.07, 6.45) is 1.22. The summed E-state index contributed by atoms with van der Waals surface area (Å²) in [5, 5.41) is 14.4. The van der Waals surface area contributed by atoms with Gasteiger partial charge in [-0.25, -0.2) is 28.2 Å². The van der Waals surface area contributed by atoms with Crippen LogP contribution in [0.25, 0.3) is 5.65 Å². The number of methoxy groups -OCH3 is 1. The van der Waals surface area contributed by atoms with E-state index in [1.165, 1.54) is 31.5 Å². The van der Waals surface area contributed by atoms with Crippen LogP contribution in [0.15, 0.2) is 69.1 Å². The molecule has 2 heterocycles. The number of H-pyrrole nitrogens is 1. The number of aromatic nitrogens is 3. The molecule has 0 unspecified atom stereocenters. The van der Waals surface area contributed by atoms with Crippen molar-refractivity contribution in [2.45, 2.75) is 13.1 Å². The van der Waals surface area contributed by atoms with Gasteiger partial charge in [-0.15, -0.1) is 12.4 Å². The first-order valence-electron chi connectivity index (χ1n) is 12.6. The second kappa shape index (κ2) is 14.1. The number of fused-ring (bicyclic) bond motifs is 1. The van der Waals surface area contributed by atoms with E-state index >= 15 is 0 Å². The minimum absolute atomic E-state index is 0. The van der Waals surface area contributed by atoms with Crippen LogP contribution in [0.4, 0.5) is 21.5 Å². The standard InChI is InChI=1S/C17H14N4O6.C11H10FN3O2.ClH/c1-27-16(25)10-4-2-9(3-5-10)7-18-14(22)11-6-12(15(23)24)21-13(20-11)8-19-17(21)26;12-6-2-1-5(4-13)3-7(6)15-9-8(14)10(16)11(9)17;/h2-6,8H,7H2,1H3,(H,18,22)(H,19,26)(H,23,24);1-3,15H,4,13-14H2;1H. The molecule has 17 heteroatoms. The molecule has 1 amide bonds. The first kappa shape index (κ1) is 33.6. The number of anilines is 3. The molecule has 0 saturated carbocycles. The van der Waals surface area contributed by atoms with Gasteiger partial charge in [-0.05, 0) is 35.4 Å². The average molecular weight is 642 g/mol. The number of nitrogens with zero attached hydrogens (tertiary/aromatic N) is 2. The number of nitrogens with two attached hydrogens (primary N) is 2. The molecule has 5 rings (SSSR count). The van der Waals surface area contributed by atoms with Crippen molar-refractivity contribution < 1.29 is 28.6 Å². The molecule has 0 bridgehead atoms. The van der Waals surface area contributed by atoms with Gasteiger partial charge in [0.1, 0.15) is 28.6 Å². The number of carboxylic acids is 1. The fraction of sp³-hybridized carbons (Fsp3) is 0.107. The molecule has 0 saturated heterocycles. The Morgan fingerprint density at radius 3 is 2.31 bits per heavy atom. The third kappa shape index (κ3) is 7.20. The highest BCUT2D eigenvalue weighted by atomic mass is 35.5. The summed E-state index contributed by atoms with van der Waals surface area (Å²) in [5.74, 6) is -2.98. The summed E-state index contributed by atoms with van der Waals surface area (Å²) in [4.78, 5) is 75.1. The fourth-order valence-electron chi connectivity index (χ4n) is 3.91. The number of aromatic carboxylic acids is 1. The normalized spacial score (nSPS) is 10.4. The number of rotatable bonds is 8. The molecule has 234 valence electrons. The Balaban J connectivity index is 0.000000265. The highest BCUT2D eigenvalue weighted by molar-refractivity contribution is 5.96. The van der Waals surface area contributed by atoms with Gasteiger partial charge < -0.3 is 36.9 Å². The number of hydrogen-bond acceptors (Lipinski definition) is 11. The molecule has 2 aromatic heterocycles. The Labute approximate surface area is 257 Å². The summed E-state index contributed by atoms with van der Waals surface area (Å²) < 4.78 is 18.9. The number of esters is 1. The number of carboxylic acid groups (broad SMARTS) is 1. The van der Waals surface area contributed by atoms with Gasteiger partial charge in [0.15, 0.2) is 5.65 Å². The number of halogens is 2. The van der Waals surface area contributed by atoms with Crippen LogP contribution in [0.5, 0.6) is 0 Å². The number of ether oxygens (including phenoxy) is 1. The Kier molecular flexibility index (Phi) is 10.5. The Morgan fingerprint density at radius 1 is 1.04 bits per heavy atom. The van der Waals surface area contributed by atoms with E-state index in [-0.39, 0.29) is 59.6 Å². The Morgan fingerprint density at radius 2 is 1.71 bits per heavy atom. The number of hydrogen-bond donors (Lipinski definition) is 6. The number of amides is 1. The van der Waals surface area contributed by atoms with Gasteiger partial charge in [0, 0.05) is 25.4 Å². The van der Waals surface area contributed by atoms with Crippen LogP contribution < -0.4 is 38.6 Å². The SMILES string of the molecule is COC(=O)c1ccc(CNC(=O)c2cc(C(=O)O)n3c(=O)[nH]cc3n2)cc1.Cl.NCc1ccc(F)c(Nc2c(N)c(=O)c2=O)c1. The van der Waals surface area contributed by atoms with Crippen molar-refractivity contribution in [2.24, 2.45) is 5.73 Å². The van der Waals surface area contributed by atoms with Crippen molar-refractivity contribution in [1.82, 2.24) is 19.7 Å². The van der Waals surface area contributed by atoms with E-state index in [0.29, 0.717) is 16.7 Å². The lowest BCUT2D eigenvalue weighted by Gasteiger charge is -2.11. The molecule has 8 N–H and O–H groups in total. The van der Waals surface area contributed by atoms with E-state index in [2.05, 4.69) is 25.3 Å². The van der Waals surface area contributed by atoms with E-state index in [1.54, 1.807) is 24.3 Å². The maximum absolute atomic E-state index is 13.4. The van der Waals surface area contributed by atoms with Crippen molar-refractivity contribution in [1.29, 1.82) is 0 Å². The molecular weight excluding hydrogens is 617 g/mol. The number of nitrogens with one attached hydrogen (secondary N) is 3. The van der Waals surface area contributed by atoms with Gasteiger partial charge in [-0.3, -0.25) is 14.4 Å². The zero-order valence-electron chi connectivity index (χ0n) is 23.3. The molecule has 0 aliphatic rings. The number of carbonyl (C=O) groups is 3. The lowest BCUT2D eigenvalue weighted by Crippen LogP contribution is -2.36. The lowest BCUT2D eigenvalue weighted by atomic mass is 10.1. The van der Waals surface area contributed by atoms with E-state index < -0.39 is 40.2 Å². The second-order valence-corrected chi connectivity index (χ2v) is 9.08. The summed E-state index contributed by atoms with van der Waals surface area (Å²) in [7, 11) is 1.28. The first-order valence-corrected chi connectivity index (χ1v) is 12.6. The van der Waals surface area contributed by atoms with Gasteiger partial charge >= 0.3 is 17.6 Å². The van der Waals surface area contributed by atoms with Crippen LogP contribution in [0, 0.1) is 5.82 Å². The summed E-state index contributed by atoms with van der Waals surface area (Å²) in [6, 6.07) is 11.7. The third-order valence-corrected chi connectivity index (χ3v) is 6.26. The maximum atomic E-state index is 13.4. The number of nitrogen functional groups attached to an aromatic ring is 1. The molecule has 0 atom stereocenters. The summed E-state index contributed by atoms with van der Waals surface area (Å²) in [5.41, 5.74) is 9.73. The quantitative estimate of drug-likeness (QED) is 0.103. The lowest BCUT2D eigenvalue weighted by molar-refractivity contribution is 0.0599. The zero-order chi connectivity index (χ0) is 32.1. The molecule has 0 fully saturated rings. The average Bonchev–Trinajstić information content (AvgIpc) is 3.42. The van der Waals surface area contributed by atoms with Gasteiger partial charge in [0.05, 0.1) is 18.4 Å². The van der Waals surface area contributed by atoms with Crippen molar-refractivity contribution in [3.05, 3.63) is 120 Å². The number of aromatic amines is 1. The van der Waals surface area contributed by atoms with Crippen LogP contribution in [0.1, 0.15) is 42.5 Å². The van der Waals surface area contributed by atoms with Gasteiger partial charge in [0.25, 0.3) is 16.8 Å². The minimum atomic E-state index is -1.36. The van der Waals surface area contributed by atoms with Gasteiger partial charge in [-0.1, -0.05) is 18.2 Å². The highest BCUT2D eigenvalue weighted by Gasteiger charge is 2.20. The molecule has 0 spiro atoms. The minimum Gasteiger partial charge on any atom is -0.477 e. The van der Waals surface area contributed by atoms with Crippen molar-refractivity contribution >= 4 is 53.0 Å². The predicted octanol–water partition coefficient (Wildman–Crippen LogP) is 1.07. The van der Waals surface area contributed by atoms with Crippen molar-refractivity contribution in [2.75, 3.05) is 18.2 Å². The molecule has 15 nitrogen and oxygen atoms in total. The fourth-order valence-corrected chi connectivity index (χ4v) is 3.91. The van der Waals surface area contributed by atoms with Crippen molar-refractivity contribution in [3.63, 3.8) is 0 Å². The topological polar surface area (TPSA) is 241 Å². The molecule has 5 aromatic rings.